The zero-order chi connectivity index (χ0) is 14.4. The lowest BCUT2D eigenvalue weighted by Gasteiger charge is -2.24. The first-order valence-electron chi connectivity index (χ1n) is 7.21. The van der Waals surface area contributed by atoms with Crippen molar-refractivity contribution in [2.24, 2.45) is 0 Å². The molecule has 0 bridgehead atoms. The highest BCUT2D eigenvalue weighted by Crippen LogP contribution is 2.51. The van der Waals surface area contributed by atoms with Gasteiger partial charge >= 0.3 is 0 Å². The van der Waals surface area contributed by atoms with Crippen LogP contribution in [0.2, 0.25) is 0 Å². The van der Waals surface area contributed by atoms with Crippen molar-refractivity contribution in [3.8, 4) is 6.07 Å². The SMILES string of the molecule is N#Cc1ccc2c3c1NC(c1ccccc1)C3CCC2=O. The van der Waals surface area contributed by atoms with Crippen LogP contribution >= 0.6 is 0 Å². The maximum absolute atomic E-state index is 12.1. The van der Waals surface area contributed by atoms with Crippen molar-refractivity contribution in [1.29, 1.82) is 5.26 Å². The highest BCUT2D eigenvalue weighted by Gasteiger charge is 2.40. The molecule has 1 aliphatic carbocycles. The van der Waals surface area contributed by atoms with Crippen LogP contribution in [0.3, 0.4) is 0 Å². The van der Waals surface area contributed by atoms with E-state index in [1.807, 2.05) is 24.3 Å². The Balaban J connectivity index is 1.90. The Morgan fingerprint density at radius 1 is 1.14 bits per heavy atom. The minimum absolute atomic E-state index is 0.155. The van der Waals surface area contributed by atoms with Gasteiger partial charge in [0.25, 0.3) is 0 Å². The van der Waals surface area contributed by atoms with Gasteiger partial charge in [-0.15, -0.1) is 0 Å². The van der Waals surface area contributed by atoms with Crippen LogP contribution in [0.5, 0.6) is 0 Å². The van der Waals surface area contributed by atoms with Gasteiger partial charge in [0, 0.05) is 17.9 Å². The number of nitriles is 1. The van der Waals surface area contributed by atoms with E-state index in [-0.39, 0.29) is 17.7 Å². The highest BCUT2D eigenvalue weighted by molar-refractivity contribution is 6.01. The number of hydrogen-bond donors (Lipinski definition) is 1. The van der Waals surface area contributed by atoms with Crippen LogP contribution < -0.4 is 5.32 Å². The van der Waals surface area contributed by atoms with E-state index in [1.54, 1.807) is 6.07 Å². The molecule has 1 aliphatic heterocycles. The number of carbonyl (C=O) groups is 1. The lowest BCUT2D eigenvalue weighted by molar-refractivity contribution is 0.0966. The molecule has 0 aromatic heterocycles. The summed E-state index contributed by atoms with van der Waals surface area (Å²) in [4.78, 5) is 12.1. The molecule has 2 unspecified atom stereocenters. The van der Waals surface area contributed by atoms with Crippen molar-refractivity contribution in [3.05, 3.63) is 64.7 Å². The van der Waals surface area contributed by atoms with Crippen molar-refractivity contribution in [1.82, 2.24) is 0 Å². The van der Waals surface area contributed by atoms with E-state index < -0.39 is 0 Å². The highest BCUT2D eigenvalue weighted by atomic mass is 16.1. The number of carbonyl (C=O) groups excluding carboxylic acids is 1. The number of hydrogen-bond acceptors (Lipinski definition) is 3. The standard InChI is InChI=1S/C18H14N2O/c19-10-12-6-7-13-15(21)9-8-14-16(13)18(12)20-17(14)11-4-2-1-3-5-11/h1-7,14,17,20H,8-9H2. The number of anilines is 1. The number of rotatable bonds is 1. The van der Waals surface area contributed by atoms with Crippen molar-refractivity contribution < 1.29 is 4.79 Å². The van der Waals surface area contributed by atoms with Gasteiger partial charge in [-0.25, -0.2) is 0 Å². The fourth-order valence-corrected chi connectivity index (χ4v) is 3.63. The van der Waals surface area contributed by atoms with Gasteiger partial charge < -0.3 is 5.32 Å². The van der Waals surface area contributed by atoms with Crippen molar-refractivity contribution in [3.63, 3.8) is 0 Å². The number of Topliss-reactive ketones (excluding diaryl/α,β-unsaturated/α-hetero) is 1. The zero-order valence-electron chi connectivity index (χ0n) is 11.5. The first kappa shape index (κ1) is 12.2. The van der Waals surface area contributed by atoms with Crippen LogP contribution in [0.1, 0.15) is 51.8 Å². The Morgan fingerprint density at radius 3 is 2.71 bits per heavy atom. The molecular weight excluding hydrogens is 260 g/mol. The maximum Gasteiger partial charge on any atom is 0.163 e. The fraction of sp³-hybridized carbons (Fsp3) is 0.222. The molecule has 2 aliphatic rings. The van der Waals surface area contributed by atoms with Gasteiger partial charge in [-0.3, -0.25) is 4.79 Å². The van der Waals surface area contributed by atoms with E-state index in [0.29, 0.717) is 12.0 Å². The van der Waals surface area contributed by atoms with Crippen LogP contribution in [0, 0.1) is 11.3 Å². The molecule has 21 heavy (non-hydrogen) atoms. The van der Waals surface area contributed by atoms with E-state index in [2.05, 4.69) is 23.5 Å². The summed E-state index contributed by atoms with van der Waals surface area (Å²) in [7, 11) is 0. The van der Waals surface area contributed by atoms with Crippen LogP contribution in [-0.4, -0.2) is 5.78 Å². The molecule has 3 nitrogen and oxygen atoms in total. The van der Waals surface area contributed by atoms with Gasteiger partial charge in [0.2, 0.25) is 0 Å². The molecule has 3 heteroatoms. The van der Waals surface area contributed by atoms with Crippen molar-refractivity contribution >= 4 is 11.5 Å². The molecule has 2 aromatic carbocycles. The number of ketones is 1. The summed E-state index contributed by atoms with van der Waals surface area (Å²) in [5.41, 5.74) is 4.56. The van der Waals surface area contributed by atoms with Crippen LogP contribution in [0.4, 0.5) is 5.69 Å². The van der Waals surface area contributed by atoms with Crippen LogP contribution in [-0.2, 0) is 0 Å². The second kappa shape index (κ2) is 4.46. The van der Waals surface area contributed by atoms with Gasteiger partial charge in [0.1, 0.15) is 6.07 Å². The van der Waals surface area contributed by atoms with E-state index in [9.17, 15) is 10.1 Å². The summed E-state index contributed by atoms with van der Waals surface area (Å²) in [5.74, 6) is 0.478. The molecule has 102 valence electrons. The largest absolute Gasteiger partial charge is 0.376 e. The summed E-state index contributed by atoms with van der Waals surface area (Å²) in [5, 5.41) is 12.8. The Kier molecular flexibility index (Phi) is 2.58. The molecule has 0 amide bonds. The first-order valence-corrected chi connectivity index (χ1v) is 7.21. The molecule has 4 rings (SSSR count). The second-order valence-electron chi connectivity index (χ2n) is 5.66. The minimum atomic E-state index is 0.155. The molecule has 0 fully saturated rings. The molecule has 0 radical (unpaired) electrons. The zero-order valence-corrected chi connectivity index (χ0v) is 11.5. The predicted molar refractivity (Wildman–Crippen MR) is 80.3 cm³/mol. The molecule has 1 N–H and O–H groups in total. The van der Waals surface area contributed by atoms with Crippen molar-refractivity contribution in [2.75, 3.05) is 5.32 Å². The Bertz CT molecular complexity index is 774. The van der Waals surface area contributed by atoms with Crippen LogP contribution in [0.15, 0.2) is 42.5 Å². The molecular formula is C18H14N2O. The van der Waals surface area contributed by atoms with Crippen molar-refractivity contribution in [2.45, 2.75) is 24.8 Å². The van der Waals surface area contributed by atoms with Gasteiger partial charge in [0.05, 0.1) is 17.3 Å². The summed E-state index contributed by atoms with van der Waals surface area (Å²) in [6, 6.07) is 16.2. The average Bonchev–Trinajstić information content (AvgIpc) is 2.92. The van der Waals surface area contributed by atoms with Crippen LogP contribution in [0.25, 0.3) is 0 Å². The summed E-state index contributed by atoms with van der Waals surface area (Å²) < 4.78 is 0. The molecule has 0 saturated carbocycles. The number of nitrogens with zero attached hydrogens (tertiary/aromatic N) is 1. The van der Waals surface area contributed by atoms with E-state index >= 15 is 0 Å². The Hall–Kier alpha value is -2.60. The van der Waals surface area contributed by atoms with E-state index in [1.165, 1.54) is 5.56 Å². The fourth-order valence-electron chi connectivity index (χ4n) is 3.63. The minimum Gasteiger partial charge on any atom is -0.376 e. The molecule has 1 heterocycles. The second-order valence-corrected chi connectivity index (χ2v) is 5.66. The molecule has 0 saturated heterocycles. The molecule has 2 aromatic rings. The monoisotopic (exact) mass is 274 g/mol. The van der Waals surface area contributed by atoms with Gasteiger partial charge in [0.15, 0.2) is 5.78 Å². The smallest absolute Gasteiger partial charge is 0.163 e. The lowest BCUT2D eigenvalue weighted by Crippen LogP contribution is -2.18. The predicted octanol–water partition coefficient (Wildman–Crippen LogP) is 3.79. The summed E-state index contributed by atoms with van der Waals surface area (Å²) in [6.07, 6.45) is 1.44. The summed E-state index contributed by atoms with van der Waals surface area (Å²) in [6.45, 7) is 0. The third-order valence-corrected chi connectivity index (χ3v) is 4.58. The first-order chi connectivity index (χ1) is 10.3. The third kappa shape index (κ3) is 1.69. The molecule has 2 atom stereocenters. The number of benzene rings is 2. The van der Waals surface area contributed by atoms with E-state index in [0.717, 1.165) is 23.2 Å². The quantitative estimate of drug-likeness (QED) is 0.860. The number of nitrogens with one attached hydrogen (secondary N) is 1. The lowest BCUT2D eigenvalue weighted by atomic mass is 9.78. The summed E-state index contributed by atoms with van der Waals surface area (Å²) >= 11 is 0. The maximum atomic E-state index is 12.1. The third-order valence-electron chi connectivity index (χ3n) is 4.58. The van der Waals surface area contributed by atoms with Gasteiger partial charge in [-0.1, -0.05) is 30.3 Å². The normalized spacial score (nSPS) is 22.3. The van der Waals surface area contributed by atoms with Gasteiger partial charge in [-0.2, -0.15) is 5.26 Å². The Labute approximate surface area is 123 Å². The molecule has 0 spiro atoms. The topological polar surface area (TPSA) is 52.9 Å². The van der Waals surface area contributed by atoms with E-state index in [4.69, 9.17) is 0 Å². The Morgan fingerprint density at radius 2 is 1.95 bits per heavy atom. The average molecular weight is 274 g/mol. The van der Waals surface area contributed by atoms with Gasteiger partial charge in [-0.05, 0) is 29.7 Å².